The first-order valence-electron chi connectivity index (χ1n) is 10.5. The monoisotopic (exact) mass is 435 g/mol. The molecule has 172 valence electrons. The van der Waals surface area contributed by atoms with Crippen molar-refractivity contribution in [1.29, 1.82) is 5.41 Å². The van der Waals surface area contributed by atoms with Gasteiger partial charge in [0.15, 0.2) is 0 Å². The molecule has 0 spiro atoms. The molecule has 0 fully saturated rings. The molecule has 0 aliphatic heterocycles. The van der Waals surface area contributed by atoms with Crippen molar-refractivity contribution in [3.63, 3.8) is 0 Å². The third-order valence-corrected chi connectivity index (χ3v) is 4.22. The third-order valence-electron chi connectivity index (χ3n) is 4.22. The number of rotatable bonds is 13. The Bertz CT molecular complexity index is 696. The van der Waals surface area contributed by atoms with E-state index in [1.165, 1.54) is 11.9 Å². The number of esters is 2. The van der Waals surface area contributed by atoms with Crippen molar-refractivity contribution in [2.45, 2.75) is 45.4 Å². The lowest BCUT2D eigenvalue weighted by molar-refractivity contribution is -0.144. The summed E-state index contributed by atoms with van der Waals surface area (Å²) in [5, 5.41) is 10.0. The minimum Gasteiger partial charge on any atom is -0.466 e. The van der Waals surface area contributed by atoms with Crippen LogP contribution in [0.25, 0.3) is 0 Å². The highest BCUT2D eigenvalue weighted by molar-refractivity contribution is 5.93. The maximum Gasteiger partial charge on any atom is 0.413 e. The highest BCUT2D eigenvalue weighted by Crippen LogP contribution is 2.04. The van der Waals surface area contributed by atoms with Crippen LogP contribution < -0.4 is 5.32 Å². The van der Waals surface area contributed by atoms with Crippen LogP contribution in [0.4, 0.5) is 4.79 Å². The maximum absolute atomic E-state index is 11.7. The van der Waals surface area contributed by atoms with E-state index in [0.717, 1.165) is 18.4 Å². The largest absolute Gasteiger partial charge is 0.466 e. The van der Waals surface area contributed by atoms with Gasteiger partial charge in [0.1, 0.15) is 6.54 Å². The first-order valence-corrected chi connectivity index (χ1v) is 10.5. The van der Waals surface area contributed by atoms with Gasteiger partial charge in [-0.15, -0.1) is 0 Å². The average Bonchev–Trinajstić information content (AvgIpc) is 2.75. The Balaban J connectivity index is 2.06. The normalized spacial score (nSPS) is 10.1. The number of nitrogens with zero attached hydrogens (tertiary/aromatic N) is 1. The van der Waals surface area contributed by atoms with Crippen LogP contribution in [-0.2, 0) is 30.2 Å². The number of carbonyl (C=O) groups is 3. The van der Waals surface area contributed by atoms with E-state index in [2.05, 4.69) is 5.32 Å². The van der Waals surface area contributed by atoms with Crippen LogP contribution in [0.15, 0.2) is 30.3 Å². The fourth-order valence-corrected chi connectivity index (χ4v) is 2.40. The molecule has 1 amide bonds. The topological polar surface area (TPSA) is 118 Å². The van der Waals surface area contributed by atoms with Gasteiger partial charge in [-0.1, -0.05) is 43.7 Å². The fourth-order valence-electron chi connectivity index (χ4n) is 2.40. The molecule has 0 unspecified atom stereocenters. The SMILES string of the molecule is CCCCOC(=O)CN(C)C(=N)NC(=O)OCCCCOC(=O)CCc1ccccc1. The van der Waals surface area contributed by atoms with Crippen molar-refractivity contribution in [2.24, 2.45) is 0 Å². The summed E-state index contributed by atoms with van der Waals surface area (Å²) < 4.78 is 15.2. The quantitative estimate of drug-likeness (QED) is 0.161. The molecule has 0 aromatic heterocycles. The predicted octanol–water partition coefficient (Wildman–Crippen LogP) is 2.88. The summed E-state index contributed by atoms with van der Waals surface area (Å²) in [4.78, 5) is 36.3. The second-order valence-corrected chi connectivity index (χ2v) is 6.95. The van der Waals surface area contributed by atoms with Crippen LogP contribution >= 0.6 is 0 Å². The first-order chi connectivity index (χ1) is 14.9. The second-order valence-electron chi connectivity index (χ2n) is 6.95. The van der Waals surface area contributed by atoms with E-state index in [4.69, 9.17) is 19.6 Å². The zero-order valence-electron chi connectivity index (χ0n) is 18.4. The van der Waals surface area contributed by atoms with Crippen molar-refractivity contribution in [3.05, 3.63) is 35.9 Å². The fraction of sp³-hybridized carbons (Fsp3) is 0.545. The third kappa shape index (κ3) is 12.9. The minimum absolute atomic E-state index is 0.128. The Morgan fingerprint density at radius 3 is 2.23 bits per heavy atom. The van der Waals surface area contributed by atoms with E-state index in [-0.39, 0.29) is 31.7 Å². The Morgan fingerprint density at radius 2 is 1.55 bits per heavy atom. The Morgan fingerprint density at radius 1 is 0.935 bits per heavy atom. The molecular formula is C22H33N3O6. The number of benzene rings is 1. The van der Waals surface area contributed by atoms with Crippen molar-refractivity contribution < 1.29 is 28.6 Å². The summed E-state index contributed by atoms with van der Waals surface area (Å²) >= 11 is 0. The zero-order valence-corrected chi connectivity index (χ0v) is 18.4. The zero-order chi connectivity index (χ0) is 22.9. The number of guanidine groups is 1. The van der Waals surface area contributed by atoms with Crippen LogP contribution in [0.5, 0.6) is 0 Å². The van der Waals surface area contributed by atoms with Gasteiger partial charge in [0.2, 0.25) is 5.96 Å². The summed E-state index contributed by atoms with van der Waals surface area (Å²) in [6, 6.07) is 9.72. The van der Waals surface area contributed by atoms with E-state index in [9.17, 15) is 14.4 Å². The number of carbonyl (C=O) groups excluding carboxylic acids is 3. The van der Waals surface area contributed by atoms with E-state index in [1.807, 2.05) is 37.3 Å². The molecule has 0 saturated heterocycles. The molecule has 0 aliphatic rings. The maximum atomic E-state index is 11.7. The standard InChI is InChI=1S/C22H33N3O6/c1-3-4-14-30-20(27)17-25(2)21(23)24-22(28)31-16-9-8-15-29-19(26)13-12-18-10-6-5-7-11-18/h5-7,10-11H,3-4,8-9,12-17H2,1-2H3,(H2,23,24,28). The lowest BCUT2D eigenvalue weighted by Gasteiger charge is -2.19. The highest BCUT2D eigenvalue weighted by atomic mass is 16.6. The smallest absolute Gasteiger partial charge is 0.413 e. The molecule has 1 aromatic rings. The number of ether oxygens (including phenoxy) is 3. The molecule has 1 aromatic carbocycles. The summed E-state index contributed by atoms with van der Waals surface area (Å²) in [7, 11) is 1.50. The van der Waals surface area contributed by atoms with E-state index in [1.54, 1.807) is 0 Å². The molecule has 31 heavy (non-hydrogen) atoms. The molecule has 9 heteroatoms. The van der Waals surface area contributed by atoms with E-state index in [0.29, 0.717) is 32.3 Å². The molecule has 0 aliphatic carbocycles. The molecular weight excluding hydrogens is 402 g/mol. The van der Waals surface area contributed by atoms with Gasteiger partial charge in [0.05, 0.1) is 19.8 Å². The number of unbranched alkanes of at least 4 members (excludes halogenated alkanes) is 2. The number of likely N-dealkylation sites (N-methyl/N-ethyl adjacent to an activating group) is 1. The second kappa shape index (κ2) is 15.7. The van der Waals surface area contributed by atoms with E-state index < -0.39 is 12.1 Å². The van der Waals surface area contributed by atoms with Gasteiger partial charge in [0.25, 0.3) is 0 Å². The van der Waals surface area contributed by atoms with Crippen LogP contribution in [0.2, 0.25) is 0 Å². The summed E-state index contributed by atoms with van der Waals surface area (Å²) in [5.74, 6) is -0.980. The summed E-state index contributed by atoms with van der Waals surface area (Å²) in [6.07, 6.45) is 2.96. The van der Waals surface area contributed by atoms with Gasteiger partial charge >= 0.3 is 18.0 Å². The van der Waals surface area contributed by atoms with Crippen LogP contribution in [-0.4, -0.2) is 62.3 Å². The molecule has 0 saturated carbocycles. The van der Waals surface area contributed by atoms with Crippen LogP contribution in [0.3, 0.4) is 0 Å². The van der Waals surface area contributed by atoms with E-state index >= 15 is 0 Å². The molecule has 2 N–H and O–H groups in total. The summed E-state index contributed by atoms with van der Waals surface area (Å²) in [6.45, 7) is 2.58. The highest BCUT2D eigenvalue weighted by Gasteiger charge is 2.14. The van der Waals surface area contributed by atoms with Crippen LogP contribution in [0.1, 0.15) is 44.6 Å². The lowest BCUT2D eigenvalue weighted by Crippen LogP contribution is -2.44. The molecule has 9 nitrogen and oxygen atoms in total. The van der Waals surface area contributed by atoms with Gasteiger partial charge in [-0.2, -0.15) is 0 Å². The van der Waals surface area contributed by atoms with Crippen LogP contribution in [0, 0.1) is 5.41 Å². The Kier molecular flexibility index (Phi) is 13.1. The summed E-state index contributed by atoms with van der Waals surface area (Å²) in [5.41, 5.74) is 1.09. The number of amides is 1. The number of alkyl carbamates (subject to hydrolysis) is 1. The van der Waals surface area contributed by atoms with Gasteiger partial charge in [-0.05, 0) is 31.2 Å². The molecule has 0 heterocycles. The number of hydrogen-bond acceptors (Lipinski definition) is 7. The predicted molar refractivity (Wildman–Crippen MR) is 116 cm³/mol. The average molecular weight is 436 g/mol. The van der Waals surface area contributed by atoms with Crippen molar-refractivity contribution in [2.75, 3.05) is 33.4 Å². The lowest BCUT2D eigenvalue weighted by atomic mass is 10.1. The number of aryl methyl sites for hydroxylation is 1. The molecule has 0 bridgehead atoms. The molecule has 0 atom stereocenters. The minimum atomic E-state index is -0.781. The Labute approximate surface area is 183 Å². The van der Waals surface area contributed by atoms with Crippen molar-refractivity contribution >= 4 is 24.0 Å². The first kappa shape index (κ1) is 25.9. The number of hydrogen-bond donors (Lipinski definition) is 2. The van der Waals surface area contributed by atoms with Gasteiger partial charge in [-0.25, -0.2) is 4.79 Å². The Hall–Kier alpha value is -3.10. The van der Waals surface area contributed by atoms with Gasteiger partial charge < -0.3 is 19.1 Å². The van der Waals surface area contributed by atoms with Gasteiger partial charge in [0, 0.05) is 13.5 Å². The number of nitrogens with one attached hydrogen (secondary N) is 2. The van der Waals surface area contributed by atoms with Crippen molar-refractivity contribution in [3.8, 4) is 0 Å². The van der Waals surface area contributed by atoms with Crippen molar-refractivity contribution in [1.82, 2.24) is 10.2 Å². The molecule has 1 rings (SSSR count). The van der Waals surface area contributed by atoms with Gasteiger partial charge in [-0.3, -0.25) is 20.3 Å². The molecule has 0 radical (unpaired) electrons.